The lowest BCUT2D eigenvalue weighted by Gasteiger charge is -2.18. The van der Waals surface area contributed by atoms with E-state index in [0.29, 0.717) is 17.1 Å². The molecule has 142 valence electrons. The van der Waals surface area contributed by atoms with Gasteiger partial charge >= 0.3 is 0 Å². The van der Waals surface area contributed by atoms with Gasteiger partial charge in [0.25, 0.3) is 5.91 Å². The molecule has 0 aliphatic carbocycles. The van der Waals surface area contributed by atoms with Crippen molar-refractivity contribution in [3.63, 3.8) is 0 Å². The van der Waals surface area contributed by atoms with Gasteiger partial charge < -0.3 is 19.7 Å². The van der Waals surface area contributed by atoms with E-state index in [9.17, 15) is 4.79 Å². The van der Waals surface area contributed by atoms with Gasteiger partial charge in [0.05, 0.1) is 14.2 Å². The van der Waals surface area contributed by atoms with Gasteiger partial charge in [-0.05, 0) is 61.5 Å². The third-order valence-corrected chi connectivity index (χ3v) is 4.68. The van der Waals surface area contributed by atoms with Crippen LogP contribution >= 0.6 is 12.2 Å². The van der Waals surface area contributed by atoms with Crippen LogP contribution in [0.4, 0.5) is 11.4 Å². The van der Waals surface area contributed by atoms with Gasteiger partial charge in [0.15, 0.2) is 5.11 Å². The Balaban J connectivity index is 1.65. The second-order valence-corrected chi connectivity index (χ2v) is 6.60. The van der Waals surface area contributed by atoms with Crippen LogP contribution in [0.5, 0.6) is 11.5 Å². The van der Waals surface area contributed by atoms with E-state index in [0.717, 1.165) is 18.8 Å². The van der Waals surface area contributed by atoms with Crippen LogP contribution in [0.1, 0.15) is 23.2 Å². The second kappa shape index (κ2) is 8.73. The molecular weight excluding hydrogens is 362 g/mol. The molecule has 7 heteroatoms. The van der Waals surface area contributed by atoms with Crippen LogP contribution in [0.25, 0.3) is 0 Å². The summed E-state index contributed by atoms with van der Waals surface area (Å²) in [5.74, 6) is 0.449. The summed E-state index contributed by atoms with van der Waals surface area (Å²) in [6, 6.07) is 13.2. The highest BCUT2D eigenvalue weighted by molar-refractivity contribution is 7.80. The molecule has 1 amide bonds. The van der Waals surface area contributed by atoms with E-state index in [1.54, 1.807) is 18.2 Å². The quantitative estimate of drug-likeness (QED) is 0.769. The average molecular weight is 385 g/mol. The standard InChI is InChI=1S/C20H23N3O3S/c1-25-16-6-5-7-17(26-2)18(16)19(24)22-20(27)21-14-8-10-15(11-9-14)23-12-3-4-13-23/h5-11H,3-4,12-13H2,1-2H3,(H2,21,22,24,27). The van der Waals surface area contributed by atoms with Crippen molar-refractivity contribution in [3.8, 4) is 11.5 Å². The summed E-state index contributed by atoms with van der Waals surface area (Å²) in [6.07, 6.45) is 2.48. The highest BCUT2D eigenvalue weighted by atomic mass is 32.1. The Morgan fingerprint density at radius 1 is 1.00 bits per heavy atom. The van der Waals surface area contributed by atoms with Crippen LogP contribution in [-0.2, 0) is 0 Å². The van der Waals surface area contributed by atoms with Crippen LogP contribution in [-0.4, -0.2) is 38.3 Å². The number of nitrogens with one attached hydrogen (secondary N) is 2. The number of rotatable bonds is 5. The molecule has 1 heterocycles. The maximum absolute atomic E-state index is 12.6. The fourth-order valence-corrected chi connectivity index (χ4v) is 3.34. The van der Waals surface area contributed by atoms with Gasteiger partial charge in [0.1, 0.15) is 17.1 Å². The van der Waals surface area contributed by atoms with Gasteiger partial charge in [-0.2, -0.15) is 0 Å². The summed E-state index contributed by atoms with van der Waals surface area (Å²) in [5.41, 5.74) is 2.32. The number of thiocarbonyl (C=S) groups is 1. The van der Waals surface area contributed by atoms with Crippen molar-refractivity contribution in [3.05, 3.63) is 48.0 Å². The lowest BCUT2D eigenvalue weighted by molar-refractivity contribution is 0.0971. The predicted molar refractivity (Wildman–Crippen MR) is 111 cm³/mol. The SMILES string of the molecule is COc1cccc(OC)c1C(=O)NC(=S)Nc1ccc(N2CCCC2)cc1. The monoisotopic (exact) mass is 385 g/mol. The number of hydrogen-bond donors (Lipinski definition) is 2. The van der Waals surface area contributed by atoms with Gasteiger partial charge in [-0.15, -0.1) is 0 Å². The summed E-state index contributed by atoms with van der Waals surface area (Å²) in [7, 11) is 3.01. The second-order valence-electron chi connectivity index (χ2n) is 6.19. The van der Waals surface area contributed by atoms with E-state index in [2.05, 4.69) is 27.7 Å². The number of carbonyl (C=O) groups is 1. The van der Waals surface area contributed by atoms with Crippen LogP contribution < -0.4 is 25.0 Å². The third-order valence-electron chi connectivity index (χ3n) is 4.48. The maximum Gasteiger partial charge on any atom is 0.264 e. The van der Waals surface area contributed by atoms with Gasteiger partial charge in [-0.25, -0.2) is 0 Å². The maximum atomic E-state index is 12.6. The molecule has 0 unspecified atom stereocenters. The van der Waals surface area contributed by atoms with E-state index in [1.165, 1.54) is 32.7 Å². The molecule has 0 saturated carbocycles. The number of carbonyl (C=O) groups excluding carboxylic acids is 1. The largest absolute Gasteiger partial charge is 0.496 e. The highest BCUT2D eigenvalue weighted by Gasteiger charge is 2.19. The minimum absolute atomic E-state index is 0.210. The van der Waals surface area contributed by atoms with E-state index in [4.69, 9.17) is 21.7 Å². The molecule has 0 atom stereocenters. The number of amides is 1. The first kappa shape index (κ1) is 19.0. The molecule has 2 aromatic carbocycles. The highest BCUT2D eigenvalue weighted by Crippen LogP contribution is 2.28. The van der Waals surface area contributed by atoms with E-state index < -0.39 is 5.91 Å². The minimum atomic E-state index is -0.393. The topological polar surface area (TPSA) is 62.8 Å². The smallest absolute Gasteiger partial charge is 0.264 e. The molecule has 2 aromatic rings. The predicted octanol–water partition coefficient (Wildman–Crippen LogP) is 3.43. The Morgan fingerprint density at radius 3 is 2.15 bits per heavy atom. The zero-order valence-electron chi connectivity index (χ0n) is 15.5. The molecule has 1 aliphatic heterocycles. The Labute approximate surface area is 164 Å². The lowest BCUT2D eigenvalue weighted by Crippen LogP contribution is -2.34. The van der Waals surface area contributed by atoms with Crippen molar-refractivity contribution < 1.29 is 14.3 Å². The summed E-state index contributed by atoms with van der Waals surface area (Å²) in [4.78, 5) is 15.0. The van der Waals surface area contributed by atoms with Crippen LogP contribution in [0, 0.1) is 0 Å². The average Bonchev–Trinajstić information content (AvgIpc) is 3.22. The van der Waals surface area contributed by atoms with Crippen molar-refractivity contribution in [2.24, 2.45) is 0 Å². The summed E-state index contributed by atoms with van der Waals surface area (Å²) < 4.78 is 10.5. The molecule has 1 aliphatic rings. The van der Waals surface area contributed by atoms with E-state index >= 15 is 0 Å². The van der Waals surface area contributed by atoms with Crippen molar-refractivity contribution in [1.82, 2.24) is 5.32 Å². The number of benzene rings is 2. The van der Waals surface area contributed by atoms with Gasteiger partial charge in [-0.3, -0.25) is 10.1 Å². The first-order chi connectivity index (χ1) is 13.1. The summed E-state index contributed by atoms with van der Waals surface area (Å²) >= 11 is 5.28. The third kappa shape index (κ3) is 4.49. The van der Waals surface area contributed by atoms with Gasteiger partial charge in [0.2, 0.25) is 0 Å². The van der Waals surface area contributed by atoms with Crippen molar-refractivity contribution >= 4 is 34.6 Å². The molecule has 1 fully saturated rings. The number of anilines is 2. The zero-order chi connectivity index (χ0) is 19.2. The van der Waals surface area contributed by atoms with Crippen molar-refractivity contribution in [2.45, 2.75) is 12.8 Å². The molecule has 0 aromatic heterocycles. The molecular formula is C20H23N3O3S. The zero-order valence-corrected chi connectivity index (χ0v) is 16.3. The number of methoxy groups -OCH3 is 2. The summed E-state index contributed by atoms with van der Waals surface area (Å²) in [6.45, 7) is 2.20. The van der Waals surface area contributed by atoms with Crippen LogP contribution in [0.15, 0.2) is 42.5 Å². The Bertz CT molecular complexity index is 795. The minimum Gasteiger partial charge on any atom is -0.496 e. The molecule has 0 spiro atoms. The van der Waals surface area contributed by atoms with Crippen molar-refractivity contribution in [1.29, 1.82) is 0 Å². The summed E-state index contributed by atoms with van der Waals surface area (Å²) in [5, 5.41) is 5.92. The fourth-order valence-electron chi connectivity index (χ4n) is 3.13. The van der Waals surface area contributed by atoms with E-state index in [1.807, 2.05) is 12.1 Å². The Hall–Kier alpha value is -2.80. The first-order valence-electron chi connectivity index (χ1n) is 8.80. The van der Waals surface area contributed by atoms with Gasteiger partial charge in [0, 0.05) is 24.5 Å². The molecule has 2 N–H and O–H groups in total. The molecule has 6 nitrogen and oxygen atoms in total. The normalized spacial score (nSPS) is 13.2. The van der Waals surface area contributed by atoms with Crippen molar-refractivity contribution in [2.75, 3.05) is 37.5 Å². The molecule has 0 radical (unpaired) electrons. The Morgan fingerprint density at radius 2 is 1.59 bits per heavy atom. The number of ether oxygens (including phenoxy) is 2. The lowest BCUT2D eigenvalue weighted by atomic mass is 10.1. The molecule has 3 rings (SSSR count). The van der Waals surface area contributed by atoms with Gasteiger partial charge in [-0.1, -0.05) is 6.07 Å². The number of nitrogens with zero attached hydrogens (tertiary/aromatic N) is 1. The number of hydrogen-bond acceptors (Lipinski definition) is 5. The fraction of sp³-hybridized carbons (Fsp3) is 0.300. The first-order valence-corrected chi connectivity index (χ1v) is 9.21. The van der Waals surface area contributed by atoms with Crippen LogP contribution in [0.2, 0.25) is 0 Å². The molecule has 1 saturated heterocycles. The van der Waals surface area contributed by atoms with Crippen LogP contribution in [0.3, 0.4) is 0 Å². The van der Waals surface area contributed by atoms with E-state index in [-0.39, 0.29) is 5.11 Å². The molecule has 27 heavy (non-hydrogen) atoms. The molecule has 0 bridgehead atoms. The Kier molecular flexibility index (Phi) is 6.13.